The molecule has 104 valence electrons. The van der Waals surface area contributed by atoms with Gasteiger partial charge in [-0.05, 0) is 24.2 Å². The zero-order valence-corrected chi connectivity index (χ0v) is 11.6. The molecule has 1 saturated carbocycles. The molecule has 5 nitrogen and oxygen atoms in total. The number of nitrogens with two attached hydrogens (primary N) is 1. The van der Waals surface area contributed by atoms with Crippen molar-refractivity contribution in [2.75, 3.05) is 13.1 Å². The number of hydrogen-bond acceptors (Lipinski definition) is 3. The zero-order valence-electron chi connectivity index (χ0n) is 11.6. The first-order valence-electron chi connectivity index (χ1n) is 6.57. The number of rotatable bonds is 6. The summed E-state index contributed by atoms with van der Waals surface area (Å²) < 4.78 is 0. The molecule has 0 aliphatic heterocycles. The number of nitrogens with one attached hydrogen (secondary N) is 2. The molecule has 0 aromatic carbocycles. The van der Waals surface area contributed by atoms with E-state index >= 15 is 0 Å². The average molecular weight is 255 g/mol. The Bertz CT molecular complexity index is 306. The van der Waals surface area contributed by atoms with Gasteiger partial charge in [0.05, 0.1) is 6.54 Å². The normalized spacial score (nSPS) is 17.1. The van der Waals surface area contributed by atoms with E-state index in [0.29, 0.717) is 18.9 Å². The lowest BCUT2D eigenvalue weighted by Crippen LogP contribution is -2.43. The van der Waals surface area contributed by atoms with Gasteiger partial charge in [0.25, 0.3) is 0 Å². The fourth-order valence-electron chi connectivity index (χ4n) is 1.71. The van der Waals surface area contributed by atoms with Crippen molar-refractivity contribution in [2.24, 2.45) is 17.1 Å². The maximum absolute atomic E-state index is 11.5. The highest BCUT2D eigenvalue weighted by Gasteiger charge is 2.28. The van der Waals surface area contributed by atoms with Crippen LogP contribution in [0.25, 0.3) is 0 Å². The van der Waals surface area contributed by atoms with Crippen molar-refractivity contribution in [1.29, 1.82) is 0 Å². The third kappa shape index (κ3) is 6.59. The van der Waals surface area contributed by atoms with Gasteiger partial charge in [0.1, 0.15) is 0 Å². The van der Waals surface area contributed by atoms with E-state index in [9.17, 15) is 9.59 Å². The standard InChI is InChI=1S/C13H25N3O2/c1-13(2,3)6-11(17)16-8-12(18)15-7-10(14)9-4-5-9/h9-10H,4-8,14H2,1-3H3,(H,15,18)(H,16,17). The predicted octanol–water partition coefficient (Wildman–Crippen LogP) is 0.392. The second-order valence-corrected chi connectivity index (χ2v) is 6.32. The summed E-state index contributed by atoms with van der Waals surface area (Å²) in [5, 5.41) is 5.36. The molecule has 1 unspecified atom stereocenters. The van der Waals surface area contributed by atoms with Crippen LogP contribution in [0.1, 0.15) is 40.0 Å². The highest BCUT2D eigenvalue weighted by molar-refractivity contribution is 5.84. The number of amides is 2. The number of carbonyl (C=O) groups excluding carboxylic acids is 2. The largest absolute Gasteiger partial charge is 0.353 e. The molecule has 0 saturated heterocycles. The summed E-state index contributed by atoms with van der Waals surface area (Å²) in [6.07, 6.45) is 2.75. The van der Waals surface area contributed by atoms with Crippen LogP contribution in [0.5, 0.6) is 0 Å². The minimum absolute atomic E-state index is 0.0340. The smallest absolute Gasteiger partial charge is 0.239 e. The van der Waals surface area contributed by atoms with Crippen LogP contribution in [-0.2, 0) is 9.59 Å². The van der Waals surface area contributed by atoms with Crippen molar-refractivity contribution in [2.45, 2.75) is 46.1 Å². The maximum Gasteiger partial charge on any atom is 0.239 e. The first-order valence-corrected chi connectivity index (χ1v) is 6.57. The van der Waals surface area contributed by atoms with Crippen LogP contribution in [0.4, 0.5) is 0 Å². The third-order valence-electron chi connectivity index (χ3n) is 2.90. The van der Waals surface area contributed by atoms with E-state index in [1.165, 1.54) is 12.8 Å². The van der Waals surface area contributed by atoms with Gasteiger partial charge in [-0.15, -0.1) is 0 Å². The van der Waals surface area contributed by atoms with Gasteiger partial charge in [0.2, 0.25) is 11.8 Å². The fourth-order valence-corrected chi connectivity index (χ4v) is 1.71. The Morgan fingerprint density at radius 2 is 1.83 bits per heavy atom. The average Bonchev–Trinajstić information content (AvgIpc) is 3.04. The van der Waals surface area contributed by atoms with Gasteiger partial charge in [0.15, 0.2) is 0 Å². The van der Waals surface area contributed by atoms with E-state index in [-0.39, 0.29) is 29.8 Å². The molecule has 5 heteroatoms. The minimum atomic E-state index is -0.173. The molecule has 4 N–H and O–H groups in total. The van der Waals surface area contributed by atoms with Crippen LogP contribution in [0.3, 0.4) is 0 Å². The number of hydrogen-bond donors (Lipinski definition) is 3. The summed E-state index contributed by atoms with van der Waals surface area (Å²) in [6.45, 7) is 6.49. The molecule has 0 heterocycles. The van der Waals surface area contributed by atoms with Crippen molar-refractivity contribution < 1.29 is 9.59 Å². The van der Waals surface area contributed by atoms with Gasteiger partial charge in [-0.25, -0.2) is 0 Å². The van der Waals surface area contributed by atoms with Gasteiger partial charge in [-0.1, -0.05) is 20.8 Å². The minimum Gasteiger partial charge on any atom is -0.353 e. The summed E-state index contributed by atoms with van der Waals surface area (Å²) in [5.41, 5.74) is 5.80. The lowest BCUT2D eigenvalue weighted by Gasteiger charge is -2.17. The molecule has 1 fully saturated rings. The molecular formula is C13H25N3O2. The van der Waals surface area contributed by atoms with Crippen LogP contribution in [0.2, 0.25) is 0 Å². The van der Waals surface area contributed by atoms with Gasteiger partial charge < -0.3 is 16.4 Å². The van der Waals surface area contributed by atoms with Crippen LogP contribution in [0.15, 0.2) is 0 Å². The van der Waals surface area contributed by atoms with Crippen LogP contribution < -0.4 is 16.4 Å². The molecule has 0 aromatic heterocycles. The molecular weight excluding hydrogens is 230 g/mol. The van der Waals surface area contributed by atoms with E-state index in [1.807, 2.05) is 20.8 Å². The lowest BCUT2D eigenvalue weighted by molar-refractivity contribution is -0.127. The first-order chi connectivity index (χ1) is 8.28. The monoisotopic (exact) mass is 255 g/mol. The van der Waals surface area contributed by atoms with Crippen molar-refractivity contribution in [3.63, 3.8) is 0 Å². The van der Waals surface area contributed by atoms with Crippen molar-refractivity contribution >= 4 is 11.8 Å². The second-order valence-electron chi connectivity index (χ2n) is 6.32. The van der Waals surface area contributed by atoms with E-state index < -0.39 is 0 Å². The topological polar surface area (TPSA) is 84.2 Å². The molecule has 18 heavy (non-hydrogen) atoms. The Hall–Kier alpha value is -1.10. The fraction of sp³-hybridized carbons (Fsp3) is 0.846. The first kappa shape index (κ1) is 15.0. The van der Waals surface area contributed by atoms with Crippen molar-refractivity contribution in [3.8, 4) is 0 Å². The van der Waals surface area contributed by atoms with Crippen LogP contribution in [-0.4, -0.2) is 30.9 Å². The van der Waals surface area contributed by atoms with E-state index in [1.54, 1.807) is 0 Å². The van der Waals surface area contributed by atoms with Crippen molar-refractivity contribution in [3.05, 3.63) is 0 Å². The Labute approximate surface area is 109 Å². The Morgan fingerprint density at radius 1 is 1.22 bits per heavy atom. The predicted molar refractivity (Wildman–Crippen MR) is 70.8 cm³/mol. The molecule has 0 aromatic rings. The van der Waals surface area contributed by atoms with Crippen LogP contribution in [0, 0.1) is 11.3 Å². The summed E-state index contributed by atoms with van der Waals surface area (Å²) in [5.74, 6) is 0.304. The van der Waals surface area contributed by atoms with Crippen LogP contribution >= 0.6 is 0 Å². The van der Waals surface area contributed by atoms with E-state index in [2.05, 4.69) is 10.6 Å². The molecule has 2 amide bonds. The van der Waals surface area contributed by atoms with Gasteiger partial charge in [0, 0.05) is 19.0 Å². The second kappa shape index (κ2) is 6.18. The molecule has 1 aliphatic carbocycles. The van der Waals surface area contributed by atoms with E-state index in [4.69, 9.17) is 5.73 Å². The Kier molecular flexibility index (Phi) is 5.14. The molecule has 1 atom stereocenters. The quantitative estimate of drug-likeness (QED) is 0.642. The third-order valence-corrected chi connectivity index (χ3v) is 2.90. The summed E-state index contributed by atoms with van der Waals surface area (Å²) >= 11 is 0. The summed E-state index contributed by atoms with van der Waals surface area (Å²) in [7, 11) is 0. The molecule has 1 rings (SSSR count). The van der Waals surface area contributed by atoms with E-state index in [0.717, 1.165) is 0 Å². The zero-order chi connectivity index (χ0) is 13.8. The molecule has 1 aliphatic rings. The number of carbonyl (C=O) groups is 2. The van der Waals surface area contributed by atoms with Gasteiger partial charge >= 0.3 is 0 Å². The van der Waals surface area contributed by atoms with Gasteiger partial charge in [-0.2, -0.15) is 0 Å². The highest BCUT2D eigenvalue weighted by Crippen LogP contribution is 2.31. The molecule has 0 bridgehead atoms. The van der Waals surface area contributed by atoms with Crippen molar-refractivity contribution in [1.82, 2.24) is 10.6 Å². The maximum atomic E-state index is 11.5. The summed E-state index contributed by atoms with van der Waals surface area (Å²) in [6, 6.07) is 0.0548. The Balaban J connectivity index is 2.10. The highest BCUT2D eigenvalue weighted by atomic mass is 16.2. The van der Waals surface area contributed by atoms with Gasteiger partial charge in [-0.3, -0.25) is 9.59 Å². The lowest BCUT2D eigenvalue weighted by atomic mass is 9.92. The Morgan fingerprint density at radius 3 is 2.33 bits per heavy atom. The SMILES string of the molecule is CC(C)(C)CC(=O)NCC(=O)NCC(N)C1CC1. The molecule has 0 radical (unpaired) electrons. The summed E-state index contributed by atoms with van der Waals surface area (Å²) in [4.78, 5) is 23.0. The molecule has 0 spiro atoms.